The molecule has 0 bridgehead atoms. The van der Waals surface area contributed by atoms with Gasteiger partial charge in [0, 0.05) is 50.0 Å². The van der Waals surface area contributed by atoms with E-state index in [0.717, 1.165) is 55.3 Å². The molecule has 0 radical (unpaired) electrons. The highest BCUT2D eigenvalue weighted by Gasteiger charge is 2.20. The highest BCUT2D eigenvalue weighted by molar-refractivity contribution is 6.25. The molecule has 3 heterocycles. The minimum Gasteiger partial charge on any atom is -0.456 e. The molecular weight excluding hydrogens is 733 g/mol. The van der Waals surface area contributed by atoms with Crippen molar-refractivity contribution in [2.45, 2.75) is 0 Å². The number of hydrogen-bond acceptors (Lipinski definition) is 4. The van der Waals surface area contributed by atoms with Crippen molar-refractivity contribution in [2.75, 3.05) is 0 Å². The molecule has 0 unspecified atom stereocenters. The van der Waals surface area contributed by atoms with Gasteiger partial charge in [-0.1, -0.05) is 158 Å². The van der Waals surface area contributed by atoms with E-state index in [0.29, 0.717) is 17.5 Å². The lowest BCUT2D eigenvalue weighted by Gasteiger charge is -2.12. The van der Waals surface area contributed by atoms with Crippen LogP contribution in [-0.4, -0.2) is 19.5 Å². The Bertz CT molecular complexity index is 3520. The van der Waals surface area contributed by atoms with Crippen molar-refractivity contribution in [3.63, 3.8) is 0 Å². The molecule has 0 aliphatic rings. The Morgan fingerprint density at radius 2 is 0.833 bits per heavy atom. The summed E-state index contributed by atoms with van der Waals surface area (Å²) < 4.78 is 9.16. The summed E-state index contributed by atoms with van der Waals surface area (Å²) in [6.45, 7) is 0. The quantitative estimate of drug-likeness (QED) is 0.169. The third-order valence-corrected chi connectivity index (χ3v) is 11.6. The standard InChI is InChI=1S/C55H34N4O/c1-5-15-35(16-6-1)39-26-30-48-47(31-39)52-45-24-14-13-23-42(45)46(36-17-7-2-8-18-36)34-49(52)59(48)41-27-29-44-43-28-25-40(32-50(43)60-51(44)33-41)55-57-53(37-19-9-3-10-20-37)56-54(58-55)38-21-11-4-12-22-38/h1-34H. The molecule has 60 heavy (non-hydrogen) atoms. The highest BCUT2D eigenvalue weighted by Crippen LogP contribution is 2.43. The summed E-state index contributed by atoms with van der Waals surface area (Å²) in [7, 11) is 0. The van der Waals surface area contributed by atoms with Crippen molar-refractivity contribution in [3.8, 4) is 62.1 Å². The minimum absolute atomic E-state index is 0.590. The topological polar surface area (TPSA) is 56.7 Å². The summed E-state index contributed by atoms with van der Waals surface area (Å²) in [5.41, 5.74) is 12.4. The van der Waals surface area contributed by atoms with Crippen molar-refractivity contribution in [2.24, 2.45) is 0 Å². The molecule has 12 rings (SSSR count). The summed E-state index contributed by atoms with van der Waals surface area (Å²) in [6, 6.07) is 72.3. The van der Waals surface area contributed by atoms with Gasteiger partial charge in [0.15, 0.2) is 17.5 Å². The van der Waals surface area contributed by atoms with Gasteiger partial charge in [0.2, 0.25) is 0 Å². The predicted molar refractivity (Wildman–Crippen MR) is 246 cm³/mol. The smallest absolute Gasteiger partial charge is 0.164 e. The molecule has 0 atom stereocenters. The van der Waals surface area contributed by atoms with E-state index < -0.39 is 0 Å². The number of aromatic nitrogens is 4. The molecule has 12 aromatic rings. The van der Waals surface area contributed by atoms with Crippen LogP contribution in [0.15, 0.2) is 211 Å². The normalized spacial score (nSPS) is 11.7. The van der Waals surface area contributed by atoms with Crippen molar-refractivity contribution >= 4 is 54.5 Å². The van der Waals surface area contributed by atoms with Gasteiger partial charge in [-0.25, -0.2) is 15.0 Å². The molecule has 280 valence electrons. The van der Waals surface area contributed by atoms with Gasteiger partial charge in [-0.15, -0.1) is 0 Å². The SMILES string of the molecule is c1ccc(-c2ccc3c(c2)c2c4ccccc4c(-c4ccccc4)cc2n3-c2ccc3c(c2)oc2cc(-c4nc(-c5ccccc5)nc(-c5ccccc5)n4)ccc23)cc1. The lowest BCUT2D eigenvalue weighted by atomic mass is 9.94. The Morgan fingerprint density at radius 1 is 0.317 bits per heavy atom. The first kappa shape index (κ1) is 33.9. The molecule has 5 nitrogen and oxygen atoms in total. The zero-order chi connectivity index (χ0) is 39.6. The zero-order valence-electron chi connectivity index (χ0n) is 32.3. The summed E-state index contributed by atoms with van der Waals surface area (Å²) in [6.07, 6.45) is 0. The highest BCUT2D eigenvalue weighted by atomic mass is 16.3. The van der Waals surface area contributed by atoms with Crippen LogP contribution in [0.5, 0.6) is 0 Å². The molecule has 0 N–H and O–H groups in total. The van der Waals surface area contributed by atoms with Gasteiger partial charge >= 0.3 is 0 Å². The van der Waals surface area contributed by atoms with Gasteiger partial charge in [0.1, 0.15) is 11.2 Å². The maximum atomic E-state index is 6.76. The summed E-state index contributed by atoms with van der Waals surface area (Å²) in [4.78, 5) is 14.8. The van der Waals surface area contributed by atoms with Crippen molar-refractivity contribution in [1.29, 1.82) is 0 Å². The first-order chi connectivity index (χ1) is 29.7. The summed E-state index contributed by atoms with van der Waals surface area (Å²) >= 11 is 0. The van der Waals surface area contributed by atoms with Gasteiger partial charge in [0.25, 0.3) is 0 Å². The van der Waals surface area contributed by atoms with Crippen LogP contribution in [-0.2, 0) is 0 Å². The van der Waals surface area contributed by atoms with Crippen LogP contribution in [0, 0.1) is 0 Å². The van der Waals surface area contributed by atoms with Crippen LogP contribution in [0.25, 0.3) is 117 Å². The third kappa shape index (κ3) is 5.59. The zero-order valence-corrected chi connectivity index (χ0v) is 32.3. The first-order valence-electron chi connectivity index (χ1n) is 20.2. The van der Waals surface area contributed by atoms with Crippen molar-refractivity contribution in [3.05, 3.63) is 206 Å². The molecule has 0 saturated heterocycles. The summed E-state index contributed by atoms with van der Waals surface area (Å²) in [5.74, 6) is 1.84. The van der Waals surface area contributed by atoms with Crippen LogP contribution in [0.1, 0.15) is 0 Å². The monoisotopic (exact) mass is 766 g/mol. The van der Waals surface area contributed by atoms with E-state index >= 15 is 0 Å². The maximum absolute atomic E-state index is 6.76. The molecule has 0 fully saturated rings. The fourth-order valence-corrected chi connectivity index (χ4v) is 8.81. The molecule has 0 aliphatic carbocycles. The molecule has 9 aromatic carbocycles. The molecule has 0 aliphatic heterocycles. The number of furan rings is 1. The van der Waals surface area contributed by atoms with E-state index in [4.69, 9.17) is 19.4 Å². The predicted octanol–water partition coefficient (Wildman–Crippen LogP) is 14.4. The average molecular weight is 767 g/mol. The molecule has 5 heteroatoms. The Kier molecular flexibility index (Phi) is 7.78. The van der Waals surface area contributed by atoms with Crippen LogP contribution in [0.4, 0.5) is 0 Å². The number of benzene rings is 9. The van der Waals surface area contributed by atoms with E-state index in [1.807, 2.05) is 60.7 Å². The largest absolute Gasteiger partial charge is 0.456 e. The number of nitrogens with zero attached hydrogens (tertiary/aromatic N) is 4. The third-order valence-electron chi connectivity index (χ3n) is 11.6. The van der Waals surface area contributed by atoms with Crippen LogP contribution in [0.2, 0.25) is 0 Å². The number of hydrogen-bond donors (Lipinski definition) is 0. The molecule has 0 spiro atoms. The van der Waals surface area contributed by atoms with Gasteiger partial charge in [-0.05, 0) is 75.5 Å². The summed E-state index contributed by atoms with van der Waals surface area (Å²) in [5, 5.41) is 6.98. The Labute approximate surface area is 345 Å². The lowest BCUT2D eigenvalue weighted by molar-refractivity contribution is 0.668. The van der Waals surface area contributed by atoms with E-state index in [2.05, 4.69) is 150 Å². The maximum Gasteiger partial charge on any atom is 0.164 e. The lowest BCUT2D eigenvalue weighted by Crippen LogP contribution is -2.00. The fourth-order valence-electron chi connectivity index (χ4n) is 8.81. The van der Waals surface area contributed by atoms with Crippen molar-refractivity contribution in [1.82, 2.24) is 19.5 Å². The van der Waals surface area contributed by atoms with Crippen LogP contribution >= 0.6 is 0 Å². The number of rotatable bonds is 6. The Hall–Kier alpha value is -8.15. The van der Waals surface area contributed by atoms with Gasteiger partial charge in [0.05, 0.1) is 11.0 Å². The van der Waals surface area contributed by atoms with Gasteiger partial charge < -0.3 is 8.98 Å². The minimum atomic E-state index is 0.590. The van der Waals surface area contributed by atoms with Gasteiger partial charge in [-0.2, -0.15) is 0 Å². The first-order valence-corrected chi connectivity index (χ1v) is 20.2. The van der Waals surface area contributed by atoms with E-state index in [9.17, 15) is 0 Å². The molecular formula is C55H34N4O. The second-order valence-electron chi connectivity index (χ2n) is 15.2. The second-order valence-corrected chi connectivity index (χ2v) is 15.2. The van der Waals surface area contributed by atoms with E-state index in [1.165, 1.54) is 43.8 Å². The molecule has 0 amide bonds. The van der Waals surface area contributed by atoms with Gasteiger partial charge in [-0.3, -0.25) is 0 Å². The second kappa shape index (κ2) is 13.8. The van der Waals surface area contributed by atoms with Crippen molar-refractivity contribution < 1.29 is 4.42 Å². The molecule has 0 saturated carbocycles. The fraction of sp³-hybridized carbons (Fsp3) is 0. The van der Waals surface area contributed by atoms with E-state index in [1.54, 1.807) is 0 Å². The van der Waals surface area contributed by atoms with Crippen LogP contribution in [0.3, 0.4) is 0 Å². The number of fused-ring (bicyclic) bond motifs is 8. The molecule has 3 aromatic heterocycles. The Morgan fingerprint density at radius 3 is 1.48 bits per heavy atom. The Balaban J connectivity index is 1.05. The van der Waals surface area contributed by atoms with E-state index in [-0.39, 0.29) is 0 Å². The average Bonchev–Trinajstić information content (AvgIpc) is 3.86. The van der Waals surface area contributed by atoms with Crippen LogP contribution < -0.4 is 0 Å².